The first-order chi connectivity index (χ1) is 9.63. The third-order valence-corrected chi connectivity index (χ3v) is 4.28. The molecule has 0 spiro atoms. The van der Waals surface area contributed by atoms with Crippen LogP contribution in [0.2, 0.25) is 0 Å². The molecule has 20 heavy (non-hydrogen) atoms. The van der Waals surface area contributed by atoms with Crippen molar-refractivity contribution in [3.8, 4) is 0 Å². The van der Waals surface area contributed by atoms with Crippen molar-refractivity contribution < 1.29 is 5.11 Å². The molecule has 0 radical (unpaired) electrons. The van der Waals surface area contributed by atoms with Gasteiger partial charge in [-0.25, -0.2) is 4.98 Å². The Hall–Kier alpha value is -1.39. The maximum absolute atomic E-state index is 9.34. The minimum Gasteiger partial charge on any atom is -0.396 e. The van der Waals surface area contributed by atoms with Gasteiger partial charge in [-0.2, -0.15) is 0 Å². The molecule has 0 saturated heterocycles. The lowest BCUT2D eigenvalue weighted by molar-refractivity contribution is 0.274. The van der Waals surface area contributed by atoms with E-state index in [2.05, 4.69) is 44.0 Å². The number of pyridine rings is 1. The molecular weight excluding hydrogens is 316 g/mol. The second-order valence-electron chi connectivity index (χ2n) is 4.84. The van der Waals surface area contributed by atoms with Gasteiger partial charge in [0.15, 0.2) is 0 Å². The van der Waals surface area contributed by atoms with Crippen LogP contribution in [0.1, 0.15) is 23.6 Å². The summed E-state index contributed by atoms with van der Waals surface area (Å²) in [5.41, 5.74) is 2.34. The van der Waals surface area contributed by atoms with Gasteiger partial charge in [-0.05, 0) is 46.5 Å². The van der Waals surface area contributed by atoms with Gasteiger partial charge in [-0.3, -0.25) is 0 Å². The third kappa shape index (κ3) is 3.38. The Morgan fingerprint density at radius 1 is 1.30 bits per heavy atom. The fourth-order valence-corrected chi connectivity index (χ4v) is 2.48. The lowest BCUT2D eigenvalue weighted by Gasteiger charge is -2.29. The molecule has 1 aromatic carbocycles. The molecule has 0 aliphatic rings. The van der Waals surface area contributed by atoms with Gasteiger partial charge < -0.3 is 10.0 Å². The molecular formula is C16H19BrN2O. The van der Waals surface area contributed by atoms with Crippen molar-refractivity contribution in [3.05, 3.63) is 58.2 Å². The summed E-state index contributed by atoms with van der Waals surface area (Å²) in [7, 11) is 2.02. The fourth-order valence-electron chi connectivity index (χ4n) is 2.26. The molecule has 0 aliphatic carbocycles. The molecule has 4 heteroatoms. The number of hydrogen-bond acceptors (Lipinski definition) is 3. The van der Waals surface area contributed by atoms with Crippen molar-refractivity contribution >= 4 is 21.7 Å². The van der Waals surface area contributed by atoms with Crippen molar-refractivity contribution in [2.45, 2.75) is 19.4 Å². The SMILES string of the molecule is Cc1cc(N(C)C(CCO)c2ccccc2)ncc1Br. The van der Waals surface area contributed by atoms with Crippen LogP contribution in [0.25, 0.3) is 0 Å². The first-order valence-corrected chi connectivity index (χ1v) is 7.43. The van der Waals surface area contributed by atoms with Crippen molar-refractivity contribution in [1.29, 1.82) is 0 Å². The Labute approximate surface area is 128 Å². The molecule has 1 N–H and O–H groups in total. The summed E-state index contributed by atoms with van der Waals surface area (Å²) in [4.78, 5) is 6.58. The topological polar surface area (TPSA) is 36.4 Å². The highest BCUT2D eigenvalue weighted by Crippen LogP contribution is 2.28. The fraction of sp³-hybridized carbons (Fsp3) is 0.312. The lowest BCUT2D eigenvalue weighted by Crippen LogP contribution is -2.26. The Bertz CT molecular complexity index is 560. The largest absolute Gasteiger partial charge is 0.396 e. The van der Waals surface area contributed by atoms with Crippen LogP contribution in [0, 0.1) is 6.92 Å². The van der Waals surface area contributed by atoms with E-state index in [0.717, 1.165) is 15.9 Å². The zero-order valence-electron chi connectivity index (χ0n) is 11.8. The second kappa shape index (κ2) is 6.86. The van der Waals surface area contributed by atoms with Gasteiger partial charge in [0.2, 0.25) is 0 Å². The predicted octanol–water partition coefficient (Wildman–Crippen LogP) is 3.71. The molecule has 0 fully saturated rings. The molecule has 0 aliphatic heterocycles. The highest BCUT2D eigenvalue weighted by molar-refractivity contribution is 9.10. The summed E-state index contributed by atoms with van der Waals surface area (Å²) in [6.07, 6.45) is 2.50. The maximum atomic E-state index is 9.34. The highest BCUT2D eigenvalue weighted by Gasteiger charge is 2.18. The molecule has 1 heterocycles. The molecule has 1 atom stereocenters. The van der Waals surface area contributed by atoms with Crippen molar-refractivity contribution in [1.82, 2.24) is 4.98 Å². The third-order valence-electron chi connectivity index (χ3n) is 3.45. The van der Waals surface area contributed by atoms with Crippen LogP contribution in [0.15, 0.2) is 47.1 Å². The molecule has 1 unspecified atom stereocenters. The van der Waals surface area contributed by atoms with Gasteiger partial charge in [-0.1, -0.05) is 30.3 Å². The Kier molecular flexibility index (Phi) is 5.15. The predicted molar refractivity (Wildman–Crippen MR) is 86.0 cm³/mol. The molecule has 0 saturated carbocycles. The van der Waals surface area contributed by atoms with Crippen LogP contribution in [0.5, 0.6) is 0 Å². The maximum Gasteiger partial charge on any atom is 0.129 e. The molecule has 1 aromatic heterocycles. The smallest absolute Gasteiger partial charge is 0.129 e. The number of anilines is 1. The quantitative estimate of drug-likeness (QED) is 0.905. The van der Waals surface area contributed by atoms with Gasteiger partial charge in [0, 0.05) is 24.3 Å². The summed E-state index contributed by atoms with van der Waals surface area (Å²) in [6.45, 7) is 2.20. The molecule has 2 aromatic rings. The van der Waals surface area contributed by atoms with Crippen LogP contribution < -0.4 is 4.90 Å². The highest BCUT2D eigenvalue weighted by atomic mass is 79.9. The van der Waals surface area contributed by atoms with E-state index in [4.69, 9.17) is 0 Å². The molecule has 3 nitrogen and oxygen atoms in total. The summed E-state index contributed by atoms with van der Waals surface area (Å²) < 4.78 is 1.01. The van der Waals surface area contributed by atoms with E-state index in [1.54, 1.807) is 0 Å². The first-order valence-electron chi connectivity index (χ1n) is 6.64. The van der Waals surface area contributed by atoms with Crippen molar-refractivity contribution in [3.63, 3.8) is 0 Å². The number of nitrogens with zero attached hydrogens (tertiary/aromatic N) is 2. The number of rotatable bonds is 5. The van der Waals surface area contributed by atoms with E-state index in [9.17, 15) is 5.11 Å². The van der Waals surface area contributed by atoms with Gasteiger partial charge in [0.05, 0.1) is 6.04 Å². The Balaban J connectivity index is 2.31. The molecule has 2 rings (SSSR count). The second-order valence-corrected chi connectivity index (χ2v) is 5.70. The van der Waals surface area contributed by atoms with Crippen LogP contribution >= 0.6 is 15.9 Å². The first kappa shape index (κ1) is 15.0. The lowest BCUT2D eigenvalue weighted by atomic mass is 10.0. The van der Waals surface area contributed by atoms with E-state index in [-0.39, 0.29) is 12.6 Å². The van der Waals surface area contributed by atoms with E-state index in [1.165, 1.54) is 5.56 Å². The Morgan fingerprint density at radius 3 is 2.60 bits per heavy atom. The van der Waals surface area contributed by atoms with Crippen molar-refractivity contribution in [2.24, 2.45) is 0 Å². The average Bonchev–Trinajstić information content (AvgIpc) is 2.48. The van der Waals surface area contributed by atoms with Crippen LogP contribution in [0.4, 0.5) is 5.82 Å². The number of hydrogen-bond donors (Lipinski definition) is 1. The van der Waals surface area contributed by atoms with Gasteiger partial charge in [-0.15, -0.1) is 0 Å². The minimum atomic E-state index is 0.120. The summed E-state index contributed by atoms with van der Waals surface area (Å²) in [5.74, 6) is 0.910. The van der Waals surface area contributed by atoms with Crippen LogP contribution in [-0.2, 0) is 0 Å². The van der Waals surface area contributed by atoms with Crippen LogP contribution in [-0.4, -0.2) is 23.7 Å². The number of aromatic nitrogens is 1. The van der Waals surface area contributed by atoms with E-state index < -0.39 is 0 Å². The molecule has 0 amide bonds. The summed E-state index contributed by atoms with van der Waals surface area (Å²) in [5, 5.41) is 9.34. The summed E-state index contributed by atoms with van der Waals surface area (Å²) in [6, 6.07) is 12.4. The molecule has 106 valence electrons. The zero-order valence-corrected chi connectivity index (χ0v) is 13.3. The Morgan fingerprint density at radius 2 is 2.00 bits per heavy atom. The number of aryl methyl sites for hydroxylation is 1. The van der Waals surface area contributed by atoms with Crippen molar-refractivity contribution in [2.75, 3.05) is 18.6 Å². The monoisotopic (exact) mass is 334 g/mol. The average molecular weight is 335 g/mol. The summed E-state index contributed by atoms with van der Waals surface area (Å²) >= 11 is 3.47. The molecule has 0 bridgehead atoms. The number of benzene rings is 1. The van der Waals surface area contributed by atoms with E-state index >= 15 is 0 Å². The normalized spacial score (nSPS) is 12.2. The zero-order chi connectivity index (χ0) is 14.5. The number of aliphatic hydroxyl groups excluding tert-OH is 1. The van der Waals surface area contributed by atoms with Crippen LogP contribution in [0.3, 0.4) is 0 Å². The van der Waals surface area contributed by atoms with E-state index in [0.29, 0.717) is 6.42 Å². The van der Waals surface area contributed by atoms with Gasteiger partial charge >= 0.3 is 0 Å². The van der Waals surface area contributed by atoms with Gasteiger partial charge in [0.25, 0.3) is 0 Å². The minimum absolute atomic E-state index is 0.120. The van der Waals surface area contributed by atoms with E-state index in [1.807, 2.05) is 38.4 Å². The van der Waals surface area contributed by atoms with Gasteiger partial charge in [0.1, 0.15) is 5.82 Å². The number of halogens is 1. The standard InChI is InChI=1S/C16H19BrN2O/c1-12-10-16(18-11-14(12)17)19(2)15(8-9-20)13-6-4-3-5-7-13/h3-7,10-11,15,20H,8-9H2,1-2H3. The number of aliphatic hydroxyl groups is 1.